The molecule has 9 heteroatoms. The number of benzene rings is 2. The first-order valence-electron chi connectivity index (χ1n) is 15.4. The van der Waals surface area contributed by atoms with Crippen LogP contribution in [-0.4, -0.2) is 57.3 Å². The SMILES string of the molecule is C[N+]1=C=[N+](C2(c3cccc(C4(c5ccn[nH]5)c5ncccc5-c5cccnc54)c3)c3ccccc3-c3cccnc32)c2nccnc21. The summed E-state index contributed by atoms with van der Waals surface area (Å²) in [5, 5.41) is 7.74. The van der Waals surface area contributed by atoms with Gasteiger partial charge in [-0.05, 0) is 41.5 Å². The number of hydrogen-bond acceptors (Lipinski definition) is 6. The number of fused-ring (bicyclic) bond motifs is 7. The number of nitrogens with one attached hydrogen (secondary N) is 1. The monoisotopic (exact) mass is 607 g/mol. The second-order valence-corrected chi connectivity index (χ2v) is 12.0. The summed E-state index contributed by atoms with van der Waals surface area (Å²) in [6.45, 7) is 0. The molecule has 47 heavy (non-hydrogen) atoms. The standard InChI is InChI=1S/C38H25N9/c1-46-23-47(36-35(46)42-20-21-43-36)38(30-14-3-2-10-26(30)27-11-5-18-41-34(27)38)25-9-4-8-24(22-25)37(31-15-19-44-45-31)32-28(12-6-16-39-32)29-13-7-17-40-33(29)37/h2-22H,1H3,(H,44,45)/q+2. The van der Waals surface area contributed by atoms with Gasteiger partial charge < -0.3 is 0 Å². The topological polar surface area (TPSA) is 99.2 Å². The van der Waals surface area contributed by atoms with Crippen molar-refractivity contribution < 1.29 is 9.15 Å². The summed E-state index contributed by atoms with van der Waals surface area (Å²) in [6.07, 6.45) is 10.8. The fourth-order valence-corrected chi connectivity index (χ4v) is 8.00. The Morgan fingerprint density at radius 2 is 1.21 bits per heavy atom. The molecular formula is C38H25N9+2. The Kier molecular flexibility index (Phi) is 5.11. The molecule has 5 aromatic heterocycles. The van der Waals surface area contributed by atoms with Gasteiger partial charge in [0, 0.05) is 57.6 Å². The van der Waals surface area contributed by atoms with Crippen LogP contribution in [0.25, 0.3) is 22.3 Å². The molecule has 2 aromatic carbocycles. The molecule has 1 unspecified atom stereocenters. The van der Waals surface area contributed by atoms with E-state index in [0.717, 1.165) is 67.5 Å². The minimum absolute atomic E-state index is 0.705. The van der Waals surface area contributed by atoms with E-state index >= 15 is 0 Å². The maximum Gasteiger partial charge on any atom is 0.474 e. The highest BCUT2D eigenvalue weighted by atomic mass is 15.3. The molecule has 1 aliphatic heterocycles. The van der Waals surface area contributed by atoms with Gasteiger partial charge in [-0.3, -0.25) is 20.1 Å². The summed E-state index contributed by atoms with van der Waals surface area (Å²) < 4.78 is 4.02. The predicted molar refractivity (Wildman–Crippen MR) is 174 cm³/mol. The van der Waals surface area contributed by atoms with E-state index in [4.69, 9.17) is 19.9 Å². The van der Waals surface area contributed by atoms with Crippen molar-refractivity contribution in [1.82, 2.24) is 35.1 Å². The van der Waals surface area contributed by atoms with E-state index in [0.29, 0.717) is 5.82 Å². The average molecular weight is 608 g/mol. The Hall–Kier alpha value is -6.44. The van der Waals surface area contributed by atoms with Gasteiger partial charge in [0.2, 0.25) is 5.54 Å². The number of pyridine rings is 3. The van der Waals surface area contributed by atoms with Gasteiger partial charge in [-0.1, -0.05) is 60.7 Å². The summed E-state index contributed by atoms with van der Waals surface area (Å²) in [6, 6.07) is 35.2. The second-order valence-electron chi connectivity index (χ2n) is 12.0. The van der Waals surface area contributed by atoms with Crippen LogP contribution in [-0.2, 0) is 11.0 Å². The summed E-state index contributed by atoms with van der Waals surface area (Å²) in [4.78, 5) is 24.8. The van der Waals surface area contributed by atoms with E-state index in [2.05, 4.69) is 92.5 Å². The van der Waals surface area contributed by atoms with Crippen molar-refractivity contribution >= 4 is 17.6 Å². The second kappa shape index (κ2) is 9.29. The van der Waals surface area contributed by atoms with Crippen molar-refractivity contribution in [3.63, 3.8) is 0 Å². The third-order valence-corrected chi connectivity index (χ3v) is 9.77. The summed E-state index contributed by atoms with van der Waals surface area (Å²) in [5.74, 6) is 1.43. The van der Waals surface area contributed by atoms with Gasteiger partial charge in [0.25, 0.3) is 0 Å². The lowest BCUT2D eigenvalue weighted by molar-refractivity contribution is -0.521. The molecule has 0 spiro atoms. The van der Waals surface area contributed by atoms with Crippen molar-refractivity contribution in [1.29, 1.82) is 0 Å². The van der Waals surface area contributed by atoms with E-state index in [9.17, 15) is 0 Å². The van der Waals surface area contributed by atoms with Crippen molar-refractivity contribution in [3.05, 3.63) is 168 Å². The van der Waals surface area contributed by atoms with Crippen LogP contribution in [0, 0.1) is 0 Å². The molecule has 9 nitrogen and oxygen atoms in total. The lowest BCUT2D eigenvalue weighted by atomic mass is 9.72. The number of aromatic amines is 1. The van der Waals surface area contributed by atoms with Crippen molar-refractivity contribution in [2.75, 3.05) is 7.05 Å². The third kappa shape index (κ3) is 3.13. The van der Waals surface area contributed by atoms with E-state index in [-0.39, 0.29) is 0 Å². The molecule has 0 bridgehead atoms. The number of H-pyrrole nitrogens is 1. The van der Waals surface area contributed by atoms with Crippen LogP contribution in [0.3, 0.4) is 0 Å². The van der Waals surface area contributed by atoms with Gasteiger partial charge in [-0.25, -0.2) is 0 Å². The summed E-state index contributed by atoms with van der Waals surface area (Å²) in [7, 11) is 1.95. The van der Waals surface area contributed by atoms with Gasteiger partial charge in [-0.15, -0.1) is 9.15 Å². The van der Waals surface area contributed by atoms with Crippen molar-refractivity contribution in [2.45, 2.75) is 11.0 Å². The zero-order chi connectivity index (χ0) is 31.2. The largest absolute Gasteiger partial charge is 0.474 e. The minimum Gasteiger partial charge on any atom is -0.281 e. The maximum atomic E-state index is 5.12. The minimum atomic E-state index is -0.924. The highest BCUT2D eigenvalue weighted by Gasteiger charge is 2.59. The first-order chi connectivity index (χ1) is 23.2. The van der Waals surface area contributed by atoms with Gasteiger partial charge in [0.1, 0.15) is 18.2 Å². The van der Waals surface area contributed by atoms with E-state index in [1.807, 2.05) is 54.5 Å². The molecule has 0 saturated heterocycles. The molecule has 0 fully saturated rings. The molecule has 7 aromatic rings. The Balaban J connectivity index is 1.34. The molecule has 6 heterocycles. The lowest BCUT2D eigenvalue weighted by Crippen LogP contribution is -2.39. The van der Waals surface area contributed by atoms with Crippen LogP contribution in [0.4, 0.5) is 11.6 Å². The molecule has 0 amide bonds. The van der Waals surface area contributed by atoms with Crippen LogP contribution in [0.5, 0.6) is 0 Å². The smallest absolute Gasteiger partial charge is 0.281 e. The number of aromatic nitrogens is 7. The maximum absolute atomic E-state index is 5.12. The van der Waals surface area contributed by atoms with Crippen LogP contribution < -0.4 is 0 Å². The van der Waals surface area contributed by atoms with Crippen LogP contribution in [0.15, 0.2) is 128 Å². The van der Waals surface area contributed by atoms with Gasteiger partial charge >= 0.3 is 17.6 Å². The van der Waals surface area contributed by atoms with Gasteiger partial charge in [0.05, 0.1) is 23.3 Å². The summed E-state index contributed by atoms with van der Waals surface area (Å²) >= 11 is 0. The molecule has 1 atom stereocenters. The number of rotatable bonds is 4. The number of hydrogen-bond donors (Lipinski definition) is 1. The Morgan fingerprint density at radius 1 is 0.574 bits per heavy atom. The lowest BCUT2D eigenvalue weighted by Gasteiger charge is -2.32. The highest BCUT2D eigenvalue weighted by molar-refractivity contribution is 5.84. The van der Waals surface area contributed by atoms with Crippen LogP contribution >= 0.6 is 0 Å². The Morgan fingerprint density at radius 3 is 1.94 bits per heavy atom. The molecule has 220 valence electrons. The molecule has 10 rings (SSSR count). The van der Waals surface area contributed by atoms with Crippen LogP contribution in [0.2, 0.25) is 0 Å². The molecule has 0 saturated carbocycles. The molecule has 0 radical (unpaired) electrons. The number of nitrogens with zero attached hydrogens (tertiary/aromatic N) is 8. The first-order valence-corrected chi connectivity index (χ1v) is 15.4. The van der Waals surface area contributed by atoms with Crippen LogP contribution in [0.1, 0.15) is 39.5 Å². The zero-order valence-corrected chi connectivity index (χ0v) is 25.2. The fourth-order valence-electron chi connectivity index (χ4n) is 8.00. The molecule has 1 N–H and O–H groups in total. The Bertz CT molecular complexity index is 2400. The fraction of sp³-hybridized carbons (Fsp3) is 0.0789. The van der Waals surface area contributed by atoms with Crippen molar-refractivity contribution in [2.24, 2.45) is 0 Å². The average Bonchev–Trinajstić information content (AvgIpc) is 3.91. The molecule has 3 aliphatic rings. The van der Waals surface area contributed by atoms with Crippen molar-refractivity contribution in [3.8, 4) is 22.3 Å². The van der Waals surface area contributed by atoms with Gasteiger partial charge in [-0.2, -0.15) is 10.1 Å². The van der Waals surface area contributed by atoms with E-state index in [1.54, 1.807) is 18.6 Å². The zero-order valence-electron chi connectivity index (χ0n) is 25.2. The quantitative estimate of drug-likeness (QED) is 0.253. The van der Waals surface area contributed by atoms with E-state index < -0.39 is 11.0 Å². The normalized spacial score (nSPS) is 17.6. The highest BCUT2D eigenvalue weighted by Crippen LogP contribution is 2.57. The van der Waals surface area contributed by atoms with E-state index in [1.165, 1.54) is 0 Å². The summed E-state index contributed by atoms with van der Waals surface area (Å²) in [5.41, 5.74) is 9.21. The molecule has 2 aliphatic carbocycles. The molecular weight excluding hydrogens is 582 g/mol. The predicted octanol–water partition coefficient (Wildman–Crippen LogP) is 5.83. The first kappa shape index (κ1) is 25.8. The Labute approximate surface area is 269 Å². The van der Waals surface area contributed by atoms with Gasteiger partial charge in [0.15, 0.2) is 6.20 Å². The third-order valence-electron chi connectivity index (χ3n) is 9.77.